The first kappa shape index (κ1) is 49.1. The molecule has 0 fully saturated rings. The van der Waals surface area contributed by atoms with Crippen molar-refractivity contribution in [2.75, 3.05) is 14.6 Å². The highest BCUT2D eigenvalue weighted by Gasteiger charge is 2.47. The molecule has 0 atom stereocenters. The molecule has 1 aromatic heterocycles. The van der Waals surface area contributed by atoms with Gasteiger partial charge in [0.25, 0.3) is 0 Å². The van der Waals surface area contributed by atoms with Gasteiger partial charge in [0.2, 0.25) is 0 Å². The van der Waals surface area contributed by atoms with Crippen molar-refractivity contribution in [3.63, 3.8) is 0 Å². The molecule has 378 valence electrons. The number of aryl methyl sites for hydroxylation is 1. The van der Waals surface area contributed by atoms with Gasteiger partial charge in [0, 0.05) is 56.0 Å². The maximum atomic E-state index is 7.14. The molecule has 3 heterocycles. The lowest BCUT2D eigenvalue weighted by Gasteiger charge is -2.46. The lowest BCUT2D eigenvalue weighted by atomic mass is 9.43. The van der Waals surface area contributed by atoms with Gasteiger partial charge >= 0.3 is 6.85 Å². The topological polar surface area (TPSA) is 22.9 Å². The second-order valence-corrected chi connectivity index (χ2v) is 25.6. The highest BCUT2D eigenvalue weighted by molar-refractivity contribution is 6.94. The van der Waals surface area contributed by atoms with Crippen LogP contribution >= 0.6 is 0 Å². The molecule has 9 aromatic carbocycles. The Morgan fingerprint density at radius 2 is 1.00 bits per heavy atom. The van der Waals surface area contributed by atoms with Gasteiger partial charge in [-0.1, -0.05) is 186 Å². The molecule has 10 aromatic rings. The minimum atomic E-state index is -0.263. The third-order valence-corrected chi connectivity index (χ3v) is 16.1. The van der Waals surface area contributed by atoms with Crippen LogP contribution in [0.3, 0.4) is 0 Å². The van der Waals surface area contributed by atoms with Gasteiger partial charge in [0.1, 0.15) is 5.58 Å². The van der Waals surface area contributed by atoms with Crippen molar-refractivity contribution in [1.29, 1.82) is 0 Å². The third-order valence-electron chi connectivity index (χ3n) is 16.1. The van der Waals surface area contributed by atoms with Crippen LogP contribution in [-0.4, -0.2) is 6.85 Å². The number of hydrogen-bond donors (Lipinski definition) is 0. The lowest BCUT2D eigenvalue weighted by molar-refractivity contribution is 0.590. The van der Waals surface area contributed by atoms with Gasteiger partial charge in [-0.25, -0.2) is 0 Å². The predicted octanol–water partition coefficient (Wildman–Crippen LogP) is 18.9. The number of nitrogens with zero attached hydrogens (tertiary/aromatic N) is 3. The molecule has 0 saturated heterocycles. The fourth-order valence-electron chi connectivity index (χ4n) is 11.9. The molecular weight excluding hydrogens is 922 g/mol. The van der Waals surface area contributed by atoms with E-state index in [2.05, 4.69) is 293 Å². The van der Waals surface area contributed by atoms with Gasteiger partial charge in [-0.3, -0.25) is 0 Å². The van der Waals surface area contributed by atoms with Gasteiger partial charge in [0.15, 0.2) is 5.58 Å². The molecule has 0 saturated carbocycles. The summed E-state index contributed by atoms with van der Waals surface area (Å²) in [5.74, 6) is 0. The van der Waals surface area contributed by atoms with E-state index in [1.165, 1.54) is 61.1 Å². The molecule has 0 bridgehead atoms. The summed E-state index contributed by atoms with van der Waals surface area (Å²) in [5, 5.41) is 2.23. The Kier molecular flexibility index (Phi) is 11.4. The van der Waals surface area contributed by atoms with E-state index in [1.807, 2.05) is 0 Å². The molecule has 76 heavy (non-hydrogen) atoms. The van der Waals surface area contributed by atoms with Gasteiger partial charge < -0.3 is 19.0 Å². The van der Waals surface area contributed by atoms with Gasteiger partial charge in [0.05, 0.1) is 11.4 Å². The maximum Gasteiger partial charge on any atom is 0.333 e. The van der Waals surface area contributed by atoms with Crippen LogP contribution in [0, 0.1) is 6.92 Å². The Bertz CT molecular complexity index is 3840. The van der Waals surface area contributed by atoms with Crippen molar-refractivity contribution in [3.05, 3.63) is 216 Å². The summed E-state index contributed by atoms with van der Waals surface area (Å²) in [7, 11) is 0. The van der Waals surface area contributed by atoms with Crippen LogP contribution < -0.4 is 25.5 Å². The van der Waals surface area contributed by atoms with E-state index in [0.29, 0.717) is 0 Å². The molecule has 2 aliphatic rings. The maximum absolute atomic E-state index is 7.14. The summed E-state index contributed by atoms with van der Waals surface area (Å²) in [6.07, 6.45) is 0. The van der Waals surface area contributed by atoms with E-state index in [0.717, 1.165) is 67.3 Å². The van der Waals surface area contributed by atoms with E-state index in [4.69, 9.17) is 4.42 Å². The molecule has 0 N–H and O–H groups in total. The molecule has 5 heteroatoms. The molecule has 12 rings (SSSR count). The first-order valence-corrected chi connectivity index (χ1v) is 27.3. The number of rotatable bonds is 6. The summed E-state index contributed by atoms with van der Waals surface area (Å²) in [6.45, 7) is 29.7. The van der Waals surface area contributed by atoms with Crippen molar-refractivity contribution in [3.8, 4) is 22.3 Å². The third kappa shape index (κ3) is 8.31. The van der Waals surface area contributed by atoms with Crippen LogP contribution in [0.2, 0.25) is 0 Å². The number of para-hydroxylation sites is 1. The highest BCUT2D eigenvalue weighted by Crippen LogP contribution is 2.53. The van der Waals surface area contributed by atoms with Crippen LogP contribution in [0.25, 0.3) is 44.2 Å². The predicted molar refractivity (Wildman–Crippen MR) is 327 cm³/mol. The number of benzene rings is 9. The van der Waals surface area contributed by atoms with Crippen LogP contribution in [0.5, 0.6) is 0 Å². The Labute approximate surface area is 451 Å². The Morgan fingerprint density at radius 3 is 1.64 bits per heavy atom. The second-order valence-electron chi connectivity index (χ2n) is 25.6. The highest BCUT2D eigenvalue weighted by atomic mass is 16.3. The van der Waals surface area contributed by atoms with Crippen LogP contribution in [-0.2, 0) is 21.7 Å². The summed E-state index contributed by atoms with van der Waals surface area (Å²) < 4.78 is 7.14. The second kappa shape index (κ2) is 17.7. The number of furan rings is 1. The average molecular weight is 992 g/mol. The number of hydrogen-bond acceptors (Lipinski definition) is 4. The fraction of sp³-hybridized carbons (Fsp3) is 0.239. The summed E-state index contributed by atoms with van der Waals surface area (Å²) >= 11 is 0. The van der Waals surface area contributed by atoms with Crippen molar-refractivity contribution < 1.29 is 4.42 Å². The molecular formula is C71H70BN3O. The van der Waals surface area contributed by atoms with Crippen LogP contribution in [0.1, 0.15) is 111 Å². The van der Waals surface area contributed by atoms with Crippen molar-refractivity contribution in [1.82, 2.24) is 0 Å². The summed E-state index contributed by atoms with van der Waals surface area (Å²) in [4.78, 5) is 7.71. The van der Waals surface area contributed by atoms with E-state index in [1.54, 1.807) is 0 Å². The Balaban J connectivity index is 1.22. The van der Waals surface area contributed by atoms with Gasteiger partial charge in [-0.15, -0.1) is 0 Å². The largest absolute Gasteiger partial charge is 0.454 e. The summed E-state index contributed by atoms with van der Waals surface area (Å²) in [6, 6.07) is 71.2. The zero-order chi connectivity index (χ0) is 53.2. The van der Waals surface area contributed by atoms with E-state index in [9.17, 15) is 0 Å². The lowest BCUT2D eigenvalue weighted by Crippen LogP contribution is -2.61. The van der Waals surface area contributed by atoms with Crippen molar-refractivity contribution >= 4 is 85.2 Å². The molecule has 2 aliphatic heterocycles. The Morgan fingerprint density at radius 1 is 0.421 bits per heavy atom. The molecule has 4 nitrogen and oxygen atoms in total. The Hall–Kier alpha value is -7.76. The van der Waals surface area contributed by atoms with Crippen LogP contribution in [0.4, 0.5) is 45.5 Å². The molecule has 0 amide bonds. The van der Waals surface area contributed by atoms with Crippen molar-refractivity contribution in [2.24, 2.45) is 0 Å². The zero-order valence-corrected chi connectivity index (χ0v) is 46.7. The summed E-state index contributed by atoms with van der Waals surface area (Å²) in [5.41, 5.74) is 24.2. The molecule has 0 radical (unpaired) electrons. The minimum Gasteiger partial charge on any atom is -0.454 e. The van der Waals surface area contributed by atoms with E-state index >= 15 is 0 Å². The monoisotopic (exact) mass is 992 g/mol. The molecule has 0 unspecified atom stereocenters. The molecule has 0 spiro atoms. The first-order chi connectivity index (χ1) is 36.1. The first-order valence-electron chi connectivity index (χ1n) is 27.3. The fourth-order valence-corrected chi connectivity index (χ4v) is 11.9. The smallest absolute Gasteiger partial charge is 0.333 e. The van der Waals surface area contributed by atoms with Gasteiger partial charge in [-0.05, 0) is 163 Å². The number of anilines is 8. The average Bonchev–Trinajstić information content (AvgIpc) is 3.79. The van der Waals surface area contributed by atoms with E-state index in [-0.39, 0.29) is 28.5 Å². The SMILES string of the molecule is Cc1cc2c3c(c1)N(c1ccc(C(C)(C)C)cc1-c1ccccc1)c1ccc(N(c4cccc(C(C)(C)C)c4)c4cccc(C(C)(C)C)c4)cc1B3N(c1ccc(C(C)(C)C)cc1)c1c-2ccc2c1oc1ccccc12. The normalized spacial score (nSPS) is 13.5. The van der Waals surface area contributed by atoms with Crippen molar-refractivity contribution in [2.45, 2.75) is 112 Å². The molecule has 0 aliphatic carbocycles. The van der Waals surface area contributed by atoms with E-state index < -0.39 is 0 Å². The quantitative estimate of drug-likeness (QED) is 0.155. The standard InChI is InChI=1S/C71H70BN3O/c1-45-39-59-56-35-36-57-55-27-17-18-28-64(55)76-67(57)66(56)75(51-32-29-47(30-33-51)68(2,3)4)72-60-44-54(73(52-25-19-23-48(41-52)69(5,6)7)53-26-20-24-49(42-53)70(8,9)10)34-38-62(60)74(63(40-45)65(59)72)61-37-31-50(71(11,12)13)43-58(61)46-21-15-14-16-22-46/h14-44H,1-13H3. The van der Waals surface area contributed by atoms with Gasteiger partial charge in [-0.2, -0.15) is 0 Å². The number of fused-ring (bicyclic) bond motifs is 8. The van der Waals surface area contributed by atoms with Crippen LogP contribution in [0.15, 0.2) is 192 Å². The minimum absolute atomic E-state index is 0.0223. The zero-order valence-electron chi connectivity index (χ0n) is 46.7.